The molecule has 1 aliphatic heterocycles. The van der Waals surface area contributed by atoms with Gasteiger partial charge in [-0.3, -0.25) is 0 Å². The van der Waals surface area contributed by atoms with Crippen molar-refractivity contribution in [2.75, 3.05) is 12.3 Å². The highest BCUT2D eigenvalue weighted by atomic mass is 32.2. The summed E-state index contributed by atoms with van der Waals surface area (Å²) in [6.45, 7) is 2.94. The van der Waals surface area contributed by atoms with Gasteiger partial charge in [0.1, 0.15) is 0 Å². The van der Waals surface area contributed by atoms with E-state index >= 15 is 0 Å². The van der Waals surface area contributed by atoms with Crippen LogP contribution in [0.2, 0.25) is 0 Å². The van der Waals surface area contributed by atoms with Gasteiger partial charge in [-0.2, -0.15) is 0 Å². The number of aliphatic hydroxyl groups is 1. The number of hydrogen-bond acceptors (Lipinski definition) is 5. The standard InChI is InChI=1S/C34H36N2O4S/c1-2-35-34(38)36-21-28-8-6-7-11-31(28)25-16-18-27(19-17-25)33-39-29(23-41-30-9-4-3-5-10-30)20-32(40-33)26-14-12-24(22-37)13-15-26/h3-19,29,32-33,37H,2,20-23H2,1H3,(H2,35,36,38)/t29-,32+,33+/m0/s1. The molecular formula is C34H36N2O4S. The third-order valence-electron chi connectivity index (χ3n) is 7.08. The van der Waals surface area contributed by atoms with E-state index in [4.69, 9.17) is 9.47 Å². The Labute approximate surface area is 246 Å². The van der Waals surface area contributed by atoms with Gasteiger partial charge in [-0.1, -0.05) is 91.0 Å². The van der Waals surface area contributed by atoms with Gasteiger partial charge in [0.2, 0.25) is 0 Å². The van der Waals surface area contributed by atoms with Crippen LogP contribution in [0.25, 0.3) is 11.1 Å². The summed E-state index contributed by atoms with van der Waals surface area (Å²) in [4.78, 5) is 13.2. The number of hydrogen-bond donors (Lipinski definition) is 3. The van der Waals surface area contributed by atoms with Gasteiger partial charge in [-0.25, -0.2) is 4.79 Å². The van der Waals surface area contributed by atoms with E-state index in [2.05, 4.69) is 65.2 Å². The third-order valence-corrected chi connectivity index (χ3v) is 8.23. The van der Waals surface area contributed by atoms with Gasteiger partial charge < -0.3 is 25.2 Å². The lowest BCUT2D eigenvalue weighted by Gasteiger charge is -2.36. The fraction of sp³-hybridized carbons (Fsp3) is 0.265. The lowest BCUT2D eigenvalue weighted by Crippen LogP contribution is -2.34. The molecule has 0 bridgehead atoms. The zero-order chi connectivity index (χ0) is 28.4. The maximum absolute atomic E-state index is 11.9. The van der Waals surface area contributed by atoms with Crippen molar-refractivity contribution in [2.24, 2.45) is 0 Å². The van der Waals surface area contributed by atoms with Gasteiger partial charge in [0.15, 0.2) is 6.29 Å². The maximum atomic E-state index is 11.9. The van der Waals surface area contributed by atoms with E-state index < -0.39 is 6.29 Å². The predicted molar refractivity (Wildman–Crippen MR) is 163 cm³/mol. The number of amides is 2. The molecule has 0 spiro atoms. The summed E-state index contributed by atoms with van der Waals surface area (Å²) >= 11 is 1.79. The number of carbonyl (C=O) groups is 1. The van der Waals surface area contributed by atoms with E-state index in [1.54, 1.807) is 11.8 Å². The first-order valence-electron chi connectivity index (χ1n) is 14.0. The van der Waals surface area contributed by atoms with Crippen LogP contribution in [0.15, 0.2) is 108 Å². The van der Waals surface area contributed by atoms with Gasteiger partial charge in [-0.15, -0.1) is 11.8 Å². The minimum Gasteiger partial charge on any atom is -0.392 e. The molecule has 7 heteroatoms. The minimum atomic E-state index is -0.503. The molecule has 0 unspecified atom stereocenters. The number of benzene rings is 4. The molecule has 6 nitrogen and oxygen atoms in total. The SMILES string of the molecule is CCNC(=O)NCc1ccccc1-c1ccc([C@@H]2O[C@H](CSc3ccccc3)C[C@H](c3ccc(CO)cc3)O2)cc1. The Morgan fingerprint density at radius 2 is 1.56 bits per heavy atom. The van der Waals surface area contributed by atoms with Gasteiger partial charge in [0.05, 0.1) is 18.8 Å². The third kappa shape index (κ3) is 7.77. The van der Waals surface area contributed by atoms with Gasteiger partial charge in [-0.05, 0) is 46.9 Å². The first-order valence-corrected chi connectivity index (χ1v) is 15.0. The van der Waals surface area contributed by atoms with Gasteiger partial charge >= 0.3 is 6.03 Å². The monoisotopic (exact) mass is 568 g/mol. The molecular weight excluding hydrogens is 532 g/mol. The molecule has 5 rings (SSSR count). The molecule has 1 heterocycles. The van der Waals surface area contributed by atoms with Crippen molar-refractivity contribution in [1.82, 2.24) is 10.6 Å². The molecule has 1 fully saturated rings. The lowest BCUT2D eigenvalue weighted by molar-refractivity contribution is -0.245. The number of rotatable bonds is 10. The lowest BCUT2D eigenvalue weighted by atomic mass is 9.98. The number of carbonyl (C=O) groups excluding carboxylic acids is 1. The maximum Gasteiger partial charge on any atom is 0.315 e. The molecule has 3 N–H and O–H groups in total. The van der Waals surface area contributed by atoms with Crippen LogP contribution >= 0.6 is 11.8 Å². The summed E-state index contributed by atoms with van der Waals surface area (Å²) in [7, 11) is 0. The quantitative estimate of drug-likeness (QED) is 0.180. The van der Waals surface area contributed by atoms with Gasteiger partial charge in [0, 0.05) is 35.7 Å². The molecule has 41 heavy (non-hydrogen) atoms. The Balaban J connectivity index is 1.33. The van der Waals surface area contributed by atoms with Crippen molar-refractivity contribution in [2.45, 2.75) is 49.9 Å². The average Bonchev–Trinajstić information content (AvgIpc) is 3.03. The summed E-state index contributed by atoms with van der Waals surface area (Å²) in [5, 5.41) is 15.2. The number of urea groups is 1. The van der Waals surface area contributed by atoms with Crippen LogP contribution in [0.4, 0.5) is 4.79 Å². The molecule has 0 aromatic heterocycles. The highest BCUT2D eigenvalue weighted by Crippen LogP contribution is 2.40. The highest BCUT2D eigenvalue weighted by molar-refractivity contribution is 7.99. The number of thioether (sulfide) groups is 1. The average molecular weight is 569 g/mol. The molecule has 1 saturated heterocycles. The molecule has 0 saturated carbocycles. The second kappa shape index (κ2) is 14.3. The fourth-order valence-corrected chi connectivity index (χ4v) is 5.85. The summed E-state index contributed by atoms with van der Waals surface area (Å²) in [6.07, 6.45) is 0.126. The van der Waals surface area contributed by atoms with Crippen molar-refractivity contribution < 1.29 is 19.4 Å². The first-order chi connectivity index (χ1) is 20.1. The highest BCUT2D eigenvalue weighted by Gasteiger charge is 2.32. The smallest absolute Gasteiger partial charge is 0.315 e. The second-order valence-electron chi connectivity index (χ2n) is 9.97. The van der Waals surface area contributed by atoms with E-state index in [0.717, 1.165) is 45.6 Å². The Kier molecular flexibility index (Phi) is 10.1. The molecule has 4 aromatic rings. The molecule has 2 amide bonds. The van der Waals surface area contributed by atoms with E-state index in [1.165, 1.54) is 4.90 Å². The Morgan fingerprint density at radius 1 is 0.854 bits per heavy atom. The molecule has 1 aliphatic rings. The molecule has 0 radical (unpaired) electrons. The Hall–Kier alpha value is -3.62. The number of nitrogens with one attached hydrogen (secondary N) is 2. The van der Waals surface area contributed by atoms with Crippen molar-refractivity contribution in [3.8, 4) is 11.1 Å². The molecule has 212 valence electrons. The fourth-order valence-electron chi connectivity index (χ4n) is 4.90. The number of ether oxygens (including phenoxy) is 2. The summed E-state index contributed by atoms with van der Waals surface area (Å²) in [5.74, 6) is 0.819. The number of aliphatic hydroxyl groups excluding tert-OH is 1. The largest absolute Gasteiger partial charge is 0.392 e. The van der Waals surface area contributed by atoms with Crippen LogP contribution < -0.4 is 10.6 Å². The van der Waals surface area contributed by atoms with E-state index in [1.807, 2.05) is 55.5 Å². The van der Waals surface area contributed by atoms with Crippen LogP contribution in [0.3, 0.4) is 0 Å². The Morgan fingerprint density at radius 3 is 2.29 bits per heavy atom. The normalized spacial score (nSPS) is 18.5. The molecule has 3 atom stereocenters. The first kappa shape index (κ1) is 28.9. The van der Waals surface area contributed by atoms with E-state index in [-0.39, 0.29) is 24.8 Å². The summed E-state index contributed by atoms with van der Waals surface area (Å²) in [6, 6.07) is 34.6. The zero-order valence-corrected chi connectivity index (χ0v) is 24.0. The minimum absolute atomic E-state index is 0.00205. The van der Waals surface area contributed by atoms with Crippen LogP contribution in [0, 0.1) is 0 Å². The van der Waals surface area contributed by atoms with Crippen LogP contribution in [0.1, 0.15) is 48.0 Å². The topological polar surface area (TPSA) is 79.8 Å². The zero-order valence-electron chi connectivity index (χ0n) is 23.2. The van der Waals surface area contributed by atoms with E-state index in [0.29, 0.717) is 13.1 Å². The van der Waals surface area contributed by atoms with Crippen molar-refractivity contribution in [3.05, 3.63) is 125 Å². The summed E-state index contributed by atoms with van der Waals surface area (Å²) in [5.41, 5.74) is 6.09. The van der Waals surface area contributed by atoms with Crippen LogP contribution in [-0.4, -0.2) is 29.5 Å². The molecule has 0 aliphatic carbocycles. The second-order valence-corrected chi connectivity index (χ2v) is 11.1. The van der Waals surface area contributed by atoms with Gasteiger partial charge in [0.25, 0.3) is 0 Å². The van der Waals surface area contributed by atoms with Crippen molar-refractivity contribution >= 4 is 17.8 Å². The summed E-state index contributed by atoms with van der Waals surface area (Å²) < 4.78 is 13.0. The van der Waals surface area contributed by atoms with Crippen molar-refractivity contribution in [1.29, 1.82) is 0 Å². The van der Waals surface area contributed by atoms with Crippen molar-refractivity contribution in [3.63, 3.8) is 0 Å². The van der Waals surface area contributed by atoms with Crippen LogP contribution in [-0.2, 0) is 22.6 Å². The predicted octanol–water partition coefficient (Wildman–Crippen LogP) is 7.00. The molecule has 4 aromatic carbocycles. The van der Waals surface area contributed by atoms with E-state index in [9.17, 15) is 9.90 Å². The Bertz CT molecular complexity index is 1400. The van der Waals surface area contributed by atoms with Crippen LogP contribution in [0.5, 0.6) is 0 Å².